The Labute approximate surface area is 104 Å². The fourth-order valence-corrected chi connectivity index (χ4v) is 2.38. The summed E-state index contributed by atoms with van der Waals surface area (Å²) >= 11 is 3.42. The molecule has 0 spiro atoms. The summed E-state index contributed by atoms with van der Waals surface area (Å²) in [6, 6.07) is 5.36. The van der Waals surface area contributed by atoms with E-state index in [1.54, 1.807) is 7.11 Å². The van der Waals surface area contributed by atoms with Crippen molar-refractivity contribution in [2.45, 2.75) is 25.0 Å². The van der Waals surface area contributed by atoms with E-state index in [4.69, 9.17) is 10.5 Å². The maximum atomic E-state index is 9.96. The molecule has 1 aromatic rings. The SMILES string of the molecule is COc1ccc([C@H](N)[C@H](O)C2CC2)cc1Br. The van der Waals surface area contributed by atoms with Crippen LogP contribution in [0.15, 0.2) is 22.7 Å². The molecule has 88 valence electrons. The third-order valence-electron chi connectivity index (χ3n) is 3.03. The summed E-state index contributed by atoms with van der Waals surface area (Å²) in [6.45, 7) is 0. The molecule has 0 saturated heterocycles. The molecule has 2 atom stereocenters. The van der Waals surface area contributed by atoms with Crippen molar-refractivity contribution in [3.05, 3.63) is 28.2 Å². The van der Waals surface area contributed by atoms with Crippen molar-refractivity contribution in [3.8, 4) is 5.75 Å². The minimum Gasteiger partial charge on any atom is -0.496 e. The Morgan fingerprint density at radius 3 is 2.69 bits per heavy atom. The molecule has 0 bridgehead atoms. The van der Waals surface area contributed by atoms with Crippen LogP contribution in [0.1, 0.15) is 24.4 Å². The number of hydrogen-bond acceptors (Lipinski definition) is 3. The normalized spacial score (nSPS) is 19.2. The van der Waals surface area contributed by atoms with Crippen LogP contribution in [-0.2, 0) is 0 Å². The van der Waals surface area contributed by atoms with Crippen molar-refractivity contribution in [2.75, 3.05) is 7.11 Å². The van der Waals surface area contributed by atoms with Gasteiger partial charge in [0.2, 0.25) is 0 Å². The van der Waals surface area contributed by atoms with Gasteiger partial charge in [-0.2, -0.15) is 0 Å². The molecule has 1 aliphatic rings. The molecule has 0 aliphatic heterocycles. The fourth-order valence-electron chi connectivity index (χ4n) is 1.82. The largest absolute Gasteiger partial charge is 0.496 e. The van der Waals surface area contributed by atoms with Gasteiger partial charge in [-0.05, 0) is 52.4 Å². The zero-order chi connectivity index (χ0) is 11.7. The highest BCUT2D eigenvalue weighted by Crippen LogP contribution is 2.38. The van der Waals surface area contributed by atoms with Crippen LogP contribution >= 0.6 is 15.9 Å². The Morgan fingerprint density at radius 2 is 2.19 bits per heavy atom. The second kappa shape index (κ2) is 4.73. The molecular weight excluding hydrogens is 270 g/mol. The van der Waals surface area contributed by atoms with Crippen LogP contribution in [0.4, 0.5) is 0 Å². The Kier molecular flexibility index (Phi) is 3.52. The second-order valence-electron chi connectivity index (χ2n) is 4.25. The number of ether oxygens (including phenoxy) is 1. The van der Waals surface area contributed by atoms with Gasteiger partial charge in [-0.1, -0.05) is 6.07 Å². The summed E-state index contributed by atoms with van der Waals surface area (Å²) in [5.74, 6) is 1.16. The molecule has 1 aromatic carbocycles. The molecule has 1 aliphatic carbocycles. The van der Waals surface area contributed by atoms with Crippen molar-refractivity contribution in [1.82, 2.24) is 0 Å². The summed E-state index contributed by atoms with van der Waals surface area (Å²) < 4.78 is 6.02. The number of halogens is 1. The summed E-state index contributed by atoms with van der Waals surface area (Å²) in [5, 5.41) is 9.96. The first kappa shape index (κ1) is 11.9. The summed E-state index contributed by atoms with van der Waals surface area (Å²) in [6.07, 6.45) is 1.75. The number of aliphatic hydroxyl groups excluding tert-OH is 1. The van der Waals surface area contributed by atoms with Crippen LogP contribution in [0.2, 0.25) is 0 Å². The number of aliphatic hydroxyl groups is 1. The Bertz CT molecular complexity index is 379. The van der Waals surface area contributed by atoms with Gasteiger partial charge in [0.15, 0.2) is 0 Å². The molecular formula is C12H16BrNO2. The van der Waals surface area contributed by atoms with Gasteiger partial charge in [0.05, 0.1) is 23.7 Å². The molecule has 16 heavy (non-hydrogen) atoms. The number of benzene rings is 1. The monoisotopic (exact) mass is 285 g/mol. The van der Waals surface area contributed by atoms with E-state index in [0.717, 1.165) is 28.6 Å². The minimum atomic E-state index is -0.430. The lowest BCUT2D eigenvalue weighted by Crippen LogP contribution is -2.27. The highest BCUT2D eigenvalue weighted by atomic mass is 79.9. The number of nitrogens with two attached hydrogens (primary N) is 1. The van der Waals surface area contributed by atoms with Crippen LogP contribution in [0.25, 0.3) is 0 Å². The molecule has 0 heterocycles. The van der Waals surface area contributed by atoms with Crippen molar-refractivity contribution >= 4 is 15.9 Å². The summed E-state index contributed by atoms with van der Waals surface area (Å²) in [4.78, 5) is 0. The molecule has 4 heteroatoms. The van der Waals surface area contributed by atoms with Gasteiger partial charge in [0.1, 0.15) is 5.75 Å². The highest BCUT2D eigenvalue weighted by Gasteiger charge is 2.34. The molecule has 1 fully saturated rings. The third-order valence-corrected chi connectivity index (χ3v) is 3.65. The lowest BCUT2D eigenvalue weighted by Gasteiger charge is -2.19. The van der Waals surface area contributed by atoms with E-state index in [-0.39, 0.29) is 6.04 Å². The average molecular weight is 286 g/mol. The molecule has 0 amide bonds. The van der Waals surface area contributed by atoms with Crippen molar-refractivity contribution in [2.24, 2.45) is 11.7 Å². The standard InChI is InChI=1S/C12H16BrNO2/c1-16-10-5-4-8(6-9(10)13)11(14)12(15)7-2-3-7/h4-7,11-12,15H,2-3,14H2,1H3/t11-,12+/m0/s1. The number of hydrogen-bond donors (Lipinski definition) is 2. The van der Waals surface area contributed by atoms with E-state index in [0.29, 0.717) is 5.92 Å². The van der Waals surface area contributed by atoms with Crippen LogP contribution in [0, 0.1) is 5.92 Å². The smallest absolute Gasteiger partial charge is 0.133 e. The number of rotatable bonds is 4. The zero-order valence-electron chi connectivity index (χ0n) is 9.19. The quantitative estimate of drug-likeness (QED) is 0.892. The summed E-state index contributed by atoms with van der Waals surface area (Å²) in [7, 11) is 1.62. The lowest BCUT2D eigenvalue weighted by molar-refractivity contribution is 0.122. The topological polar surface area (TPSA) is 55.5 Å². The average Bonchev–Trinajstić information content (AvgIpc) is 3.11. The van der Waals surface area contributed by atoms with E-state index in [1.165, 1.54) is 0 Å². The fraction of sp³-hybridized carbons (Fsp3) is 0.500. The van der Waals surface area contributed by atoms with Gasteiger partial charge in [0.25, 0.3) is 0 Å². The van der Waals surface area contributed by atoms with Crippen LogP contribution in [-0.4, -0.2) is 18.3 Å². The second-order valence-corrected chi connectivity index (χ2v) is 5.10. The molecule has 3 nitrogen and oxygen atoms in total. The van der Waals surface area contributed by atoms with Crippen molar-refractivity contribution < 1.29 is 9.84 Å². The van der Waals surface area contributed by atoms with Gasteiger partial charge in [-0.25, -0.2) is 0 Å². The molecule has 1 saturated carbocycles. The van der Waals surface area contributed by atoms with Gasteiger partial charge in [0, 0.05) is 0 Å². The first-order chi connectivity index (χ1) is 7.63. The van der Waals surface area contributed by atoms with E-state index in [9.17, 15) is 5.11 Å². The summed E-state index contributed by atoms with van der Waals surface area (Å²) in [5.41, 5.74) is 6.97. The molecule has 0 radical (unpaired) electrons. The van der Waals surface area contributed by atoms with E-state index >= 15 is 0 Å². The van der Waals surface area contributed by atoms with Gasteiger partial charge < -0.3 is 15.6 Å². The van der Waals surface area contributed by atoms with E-state index in [1.807, 2.05) is 18.2 Å². The van der Waals surface area contributed by atoms with E-state index < -0.39 is 6.10 Å². The van der Waals surface area contributed by atoms with E-state index in [2.05, 4.69) is 15.9 Å². The number of methoxy groups -OCH3 is 1. The van der Waals surface area contributed by atoms with Crippen molar-refractivity contribution in [3.63, 3.8) is 0 Å². The van der Waals surface area contributed by atoms with Crippen LogP contribution < -0.4 is 10.5 Å². The van der Waals surface area contributed by atoms with Crippen LogP contribution in [0.5, 0.6) is 5.75 Å². The predicted octanol–water partition coefficient (Wildman–Crippen LogP) is 2.23. The van der Waals surface area contributed by atoms with Crippen LogP contribution in [0.3, 0.4) is 0 Å². The molecule has 3 N–H and O–H groups in total. The zero-order valence-corrected chi connectivity index (χ0v) is 10.8. The lowest BCUT2D eigenvalue weighted by atomic mass is 9.99. The van der Waals surface area contributed by atoms with Gasteiger partial charge >= 0.3 is 0 Å². The first-order valence-electron chi connectivity index (χ1n) is 5.40. The van der Waals surface area contributed by atoms with Gasteiger partial charge in [-0.15, -0.1) is 0 Å². The molecule has 0 aromatic heterocycles. The first-order valence-corrected chi connectivity index (χ1v) is 6.20. The third kappa shape index (κ3) is 2.39. The Balaban J connectivity index is 2.16. The maximum Gasteiger partial charge on any atom is 0.133 e. The molecule has 0 unspecified atom stereocenters. The van der Waals surface area contributed by atoms with Gasteiger partial charge in [-0.3, -0.25) is 0 Å². The maximum absolute atomic E-state index is 9.96. The Morgan fingerprint density at radius 1 is 1.50 bits per heavy atom. The minimum absolute atomic E-state index is 0.310. The molecule has 2 rings (SSSR count). The predicted molar refractivity (Wildman–Crippen MR) is 66.4 cm³/mol. The Hall–Kier alpha value is -0.580. The highest BCUT2D eigenvalue weighted by molar-refractivity contribution is 9.10. The van der Waals surface area contributed by atoms with Crippen molar-refractivity contribution in [1.29, 1.82) is 0 Å².